The molecule has 3 N–H and O–H groups in total. The van der Waals surface area contributed by atoms with Gasteiger partial charge in [-0.05, 0) is 31.9 Å². The summed E-state index contributed by atoms with van der Waals surface area (Å²) >= 11 is 0. The molecule has 0 bridgehead atoms. The largest absolute Gasteiger partial charge is 0.351 e. The summed E-state index contributed by atoms with van der Waals surface area (Å²) in [5.74, 6) is 5.25. The molecule has 0 fully saturated rings. The molecule has 5 heteroatoms. The number of rotatable bonds is 8. The second-order valence-electron chi connectivity index (χ2n) is 3.85. The average molecular weight is 256 g/mol. The smallest absolute Gasteiger partial charge is 0.174 e. The van der Waals surface area contributed by atoms with Crippen LogP contribution in [0.4, 0.5) is 4.39 Å². The number of nitrogens with one attached hydrogen (secondary N) is 1. The van der Waals surface area contributed by atoms with Crippen molar-refractivity contribution in [1.82, 2.24) is 5.43 Å². The standard InChI is InChI=1S/C13H21FN2O2/c1-3-17-13(18-4-2)12(16-15)9-10-7-5-6-8-11(10)14/h5-8,12-13,16H,3-4,9,15H2,1-2H3. The van der Waals surface area contributed by atoms with Crippen LogP contribution in [0.5, 0.6) is 0 Å². The van der Waals surface area contributed by atoms with E-state index in [-0.39, 0.29) is 11.9 Å². The monoisotopic (exact) mass is 256 g/mol. The fourth-order valence-electron chi connectivity index (χ4n) is 1.74. The Hall–Kier alpha value is -1.01. The maximum Gasteiger partial charge on any atom is 0.174 e. The van der Waals surface area contributed by atoms with Crippen LogP contribution in [0.2, 0.25) is 0 Å². The molecule has 0 aliphatic heterocycles. The molecule has 0 radical (unpaired) electrons. The van der Waals surface area contributed by atoms with Gasteiger partial charge in [0.15, 0.2) is 6.29 Å². The number of hydrazine groups is 1. The van der Waals surface area contributed by atoms with Gasteiger partial charge in [0, 0.05) is 13.2 Å². The Morgan fingerprint density at radius 3 is 2.33 bits per heavy atom. The van der Waals surface area contributed by atoms with E-state index >= 15 is 0 Å². The fraction of sp³-hybridized carbons (Fsp3) is 0.538. The molecule has 18 heavy (non-hydrogen) atoms. The lowest BCUT2D eigenvalue weighted by molar-refractivity contribution is -0.153. The first kappa shape index (κ1) is 15.0. The lowest BCUT2D eigenvalue weighted by atomic mass is 10.1. The van der Waals surface area contributed by atoms with Crippen LogP contribution in [0.1, 0.15) is 19.4 Å². The third-order valence-electron chi connectivity index (χ3n) is 2.60. The minimum atomic E-state index is -0.482. The topological polar surface area (TPSA) is 56.5 Å². The molecule has 1 rings (SSSR count). The van der Waals surface area contributed by atoms with Crippen molar-refractivity contribution < 1.29 is 13.9 Å². The molecule has 0 saturated heterocycles. The van der Waals surface area contributed by atoms with E-state index < -0.39 is 6.29 Å². The molecule has 0 saturated carbocycles. The van der Waals surface area contributed by atoms with E-state index in [1.807, 2.05) is 13.8 Å². The van der Waals surface area contributed by atoms with Crippen LogP contribution in [0.3, 0.4) is 0 Å². The maximum atomic E-state index is 13.6. The van der Waals surface area contributed by atoms with Crippen LogP contribution in [-0.4, -0.2) is 25.5 Å². The summed E-state index contributed by atoms with van der Waals surface area (Å²) in [6.45, 7) is 4.78. The molecule has 4 nitrogen and oxygen atoms in total. The molecule has 0 aliphatic carbocycles. The van der Waals surface area contributed by atoms with Gasteiger partial charge < -0.3 is 9.47 Å². The van der Waals surface area contributed by atoms with Crippen LogP contribution in [0.25, 0.3) is 0 Å². The van der Waals surface area contributed by atoms with Gasteiger partial charge in [0.05, 0.1) is 6.04 Å². The van der Waals surface area contributed by atoms with Crippen molar-refractivity contribution in [2.45, 2.75) is 32.6 Å². The van der Waals surface area contributed by atoms with E-state index in [0.29, 0.717) is 25.2 Å². The Morgan fingerprint density at radius 2 is 1.83 bits per heavy atom. The summed E-state index contributed by atoms with van der Waals surface area (Å²) < 4.78 is 24.5. The zero-order valence-corrected chi connectivity index (χ0v) is 10.9. The Morgan fingerprint density at radius 1 is 1.22 bits per heavy atom. The third kappa shape index (κ3) is 4.34. The van der Waals surface area contributed by atoms with Crippen LogP contribution in [0, 0.1) is 5.82 Å². The van der Waals surface area contributed by atoms with Crippen molar-refractivity contribution >= 4 is 0 Å². The number of ether oxygens (including phenoxy) is 2. The van der Waals surface area contributed by atoms with E-state index in [1.54, 1.807) is 18.2 Å². The molecule has 1 unspecified atom stereocenters. The van der Waals surface area contributed by atoms with Gasteiger partial charge in [-0.2, -0.15) is 0 Å². The molecule has 0 aromatic heterocycles. The van der Waals surface area contributed by atoms with E-state index in [1.165, 1.54) is 6.07 Å². The normalized spacial score (nSPS) is 12.9. The van der Waals surface area contributed by atoms with Crippen molar-refractivity contribution in [3.05, 3.63) is 35.6 Å². The van der Waals surface area contributed by atoms with E-state index in [2.05, 4.69) is 5.43 Å². The highest BCUT2D eigenvalue weighted by molar-refractivity contribution is 5.18. The Kier molecular flexibility index (Phi) is 6.82. The molecule has 0 spiro atoms. The number of halogens is 1. The summed E-state index contributed by atoms with van der Waals surface area (Å²) in [5.41, 5.74) is 3.22. The fourth-order valence-corrected chi connectivity index (χ4v) is 1.74. The summed E-state index contributed by atoms with van der Waals surface area (Å²) in [5, 5.41) is 0. The number of hydrogen-bond acceptors (Lipinski definition) is 4. The number of hydrogen-bond donors (Lipinski definition) is 2. The Balaban J connectivity index is 2.73. The molecule has 0 amide bonds. The quantitative estimate of drug-likeness (QED) is 0.421. The summed E-state index contributed by atoms with van der Waals surface area (Å²) in [4.78, 5) is 0. The first-order valence-corrected chi connectivity index (χ1v) is 6.15. The summed E-state index contributed by atoms with van der Waals surface area (Å²) in [7, 11) is 0. The van der Waals surface area contributed by atoms with Crippen LogP contribution in [-0.2, 0) is 15.9 Å². The van der Waals surface area contributed by atoms with E-state index in [9.17, 15) is 4.39 Å². The van der Waals surface area contributed by atoms with Crippen molar-refractivity contribution in [3.8, 4) is 0 Å². The molecular weight excluding hydrogens is 235 g/mol. The molecule has 1 aromatic carbocycles. The Labute approximate surface area is 107 Å². The Bertz CT molecular complexity index is 344. The highest BCUT2D eigenvalue weighted by Crippen LogP contribution is 2.13. The minimum absolute atomic E-state index is 0.246. The van der Waals surface area contributed by atoms with Gasteiger partial charge in [0.25, 0.3) is 0 Å². The number of benzene rings is 1. The highest BCUT2D eigenvalue weighted by Gasteiger charge is 2.22. The average Bonchev–Trinajstić information content (AvgIpc) is 2.38. The van der Waals surface area contributed by atoms with Gasteiger partial charge in [0.2, 0.25) is 0 Å². The van der Waals surface area contributed by atoms with Crippen LogP contribution >= 0.6 is 0 Å². The molecular formula is C13H21FN2O2. The first-order chi connectivity index (χ1) is 8.72. The zero-order valence-electron chi connectivity index (χ0n) is 10.9. The van der Waals surface area contributed by atoms with E-state index in [0.717, 1.165) is 0 Å². The third-order valence-corrected chi connectivity index (χ3v) is 2.60. The lowest BCUT2D eigenvalue weighted by Gasteiger charge is -2.26. The van der Waals surface area contributed by atoms with Crippen LogP contribution < -0.4 is 11.3 Å². The maximum absolute atomic E-state index is 13.6. The van der Waals surface area contributed by atoms with Gasteiger partial charge in [0.1, 0.15) is 5.82 Å². The van der Waals surface area contributed by atoms with Gasteiger partial charge in [-0.3, -0.25) is 11.3 Å². The van der Waals surface area contributed by atoms with Crippen molar-refractivity contribution in [1.29, 1.82) is 0 Å². The van der Waals surface area contributed by atoms with Crippen molar-refractivity contribution in [2.24, 2.45) is 5.84 Å². The van der Waals surface area contributed by atoms with Gasteiger partial charge in [-0.25, -0.2) is 4.39 Å². The summed E-state index contributed by atoms with van der Waals surface area (Å²) in [6, 6.07) is 6.32. The predicted molar refractivity (Wildman–Crippen MR) is 68.3 cm³/mol. The molecule has 102 valence electrons. The molecule has 0 aliphatic rings. The van der Waals surface area contributed by atoms with Crippen LogP contribution in [0.15, 0.2) is 24.3 Å². The van der Waals surface area contributed by atoms with E-state index in [4.69, 9.17) is 15.3 Å². The molecule has 1 atom stereocenters. The number of nitrogens with two attached hydrogens (primary N) is 1. The second-order valence-corrected chi connectivity index (χ2v) is 3.85. The van der Waals surface area contributed by atoms with Gasteiger partial charge in [-0.1, -0.05) is 18.2 Å². The van der Waals surface area contributed by atoms with Crippen molar-refractivity contribution in [2.75, 3.05) is 13.2 Å². The minimum Gasteiger partial charge on any atom is -0.351 e. The second kappa shape index (κ2) is 8.16. The predicted octanol–water partition coefficient (Wildman–Crippen LogP) is 1.60. The SMILES string of the molecule is CCOC(OCC)C(Cc1ccccc1F)NN. The zero-order chi connectivity index (χ0) is 13.4. The lowest BCUT2D eigenvalue weighted by Crippen LogP contribution is -2.48. The van der Waals surface area contributed by atoms with Gasteiger partial charge in [-0.15, -0.1) is 0 Å². The van der Waals surface area contributed by atoms with Crippen molar-refractivity contribution in [3.63, 3.8) is 0 Å². The first-order valence-electron chi connectivity index (χ1n) is 6.15. The highest BCUT2D eigenvalue weighted by atomic mass is 19.1. The summed E-state index contributed by atoms with van der Waals surface area (Å²) in [6.07, 6.45) is -0.0713. The van der Waals surface area contributed by atoms with Gasteiger partial charge >= 0.3 is 0 Å². The molecule has 1 aromatic rings. The molecule has 0 heterocycles.